The Balaban J connectivity index is 1.80. The Hall–Kier alpha value is -3.62. The third-order valence-corrected chi connectivity index (χ3v) is 5.31. The number of imide groups is 1. The summed E-state index contributed by atoms with van der Waals surface area (Å²) in [6.07, 6.45) is 1.24. The maximum atomic E-state index is 12.7. The number of nitrogen functional groups attached to an aromatic ring is 1. The van der Waals surface area contributed by atoms with Crippen molar-refractivity contribution in [1.82, 2.24) is 9.88 Å². The van der Waals surface area contributed by atoms with Crippen molar-refractivity contribution >= 4 is 29.2 Å². The third kappa shape index (κ3) is 2.72. The number of rotatable bonds is 3. The van der Waals surface area contributed by atoms with Crippen LogP contribution in [0.15, 0.2) is 35.1 Å². The average molecular weight is 381 g/mol. The molecule has 3 heterocycles. The molecule has 3 amide bonds. The molecule has 0 aliphatic carbocycles. The van der Waals surface area contributed by atoms with Crippen molar-refractivity contribution in [2.45, 2.75) is 12.8 Å². The quantitative estimate of drug-likeness (QED) is 0.640. The molecule has 0 unspecified atom stereocenters. The smallest absolute Gasteiger partial charge is 0.262 e. The molecule has 0 spiro atoms. The van der Waals surface area contributed by atoms with Gasteiger partial charge >= 0.3 is 0 Å². The molecule has 1 aromatic carbocycles. The molecule has 2 aromatic rings. The maximum Gasteiger partial charge on any atom is 0.262 e. The number of piperidine rings is 1. The Labute approximate surface area is 159 Å². The molecule has 0 bridgehead atoms. The second-order valence-electron chi connectivity index (χ2n) is 6.93. The Morgan fingerprint density at radius 3 is 2.32 bits per heavy atom. The summed E-state index contributed by atoms with van der Waals surface area (Å²) in [5.74, 6) is -1.79. The molecule has 1 saturated heterocycles. The minimum atomic E-state index is -0.627. The van der Waals surface area contributed by atoms with Gasteiger partial charge in [-0.15, -0.1) is 0 Å². The van der Waals surface area contributed by atoms with Crippen molar-refractivity contribution in [3.05, 3.63) is 51.8 Å². The molecule has 4 rings (SSSR count). The molecule has 0 radical (unpaired) electrons. The summed E-state index contributed by atoms with van der Waals surface area (Å²) in [5, 5.41) is 2.16. The number of hydrogen-bond acceptors (Lipinski definition) is 6. The van der Waals surface area contributed by atoms with Gasteiger partial charge in [0.25, 0.3) is 17.4 Å². The van der Waals surface area contributed by atoms with E-state index in [1.54, 1.807) is 12.1 Å². The maximum absolute atomic E-state index is 12.7. The number of pyridine rings is 1. The molecule has 28 heavy (non-hydrogen) atoms. The number of aromatic nitrogens is 1. The van der Waals surface area contributed by atoms with Crippen LogP contribution in [0, 0.1) is 5.92 Å². The van der Waals surface area contributed by atoms with Crippen LogP contribution < -0.4 is 27.2 Å². The lowest BCUT2D eigenvalue weighted by Gasteiger charge is -2.34. The number of carbonyl (C=O) groups excluding carboxylic acids is 3. The number of anilines is 2. The van der Waals surface area contributed by atoms with Crippen LogP contribution in [0.4, 0.5) is 11.5 Å². The fourth-order valence-corrected chi connectivity index (χ4v) is 3.85. The van der Waals surface area contributed by atoms with Gasteiger partial charge in [0.05, 0.1) is 22.5 Å². The highest BCUT2D eigenvalue weighted by Gasteiger charge is 2.32. The van der Waals surface area contributed by atoms with E-state index in [4.69, 9.17) is 11.5 Å². The summed E-state index contributed by atoms with van der Waals surface area (Å²) >= 11 is 0. The largest absolute Gasteiger partial charge is 0.384 e. The van der Waals surface area contributed by atoms with Crippen LogP contribution >= 0.6 is 0 Å². The summed E-state index contributed by atoms with van der Waals surface area (Å²) in [7, 11) is 0. The summed E-state index contributed by atoms with van der Waals surface area (Å²) in [5.41, 5.74) is 12.3. The van der Waals surface area contributed by atoms with E-state index in [1.165, 1.54) is 4.57 Å². The number of nitrogens with one attached hydrogen (secondary N) is 1. The van der Waals surface area contributed by atoms with Gasteiger partial charge in [-0.05, 0) is 25.0 Å². The summed E-state index contributed by atoms with van der Waals surface area (Å²) in [6.45, 7) is 1.20. The molecule has 0 atom stereocenters. The number of benzene rings is 1. The van der Waals surface area contributed by atoms with Gasteiger partial charge in [-0.25, -0.2) is 0 Å². The Morgan fingerprint density at radius 1 is 1.04 bits per heavy atom. The predicted molar refractivity (Wildman–Crippen MR) is 102 cm³/mol. The number of amides is 3. The van der Waals surface area contributed by atoms with Crippen LogP contribution in [-0.4, -0.2) is 35.4 Å². The van der Waals surface area contributed by atoms with Crippen LogP contribution in [0.3, 0.4) is 0 Å². The van der Waals surface area contributed by atoms with Crippen LogP contribution in [0.1, 0.15) is 33.6 Å². The second-order valence-corrected chi connectivity index (χ2v) is 6.93. The number of carbonyl (C=O) groups is 3. The lowest BCUT2D eigenvalue weighted by atomic mass is 9.96. The van der Waals surface area contributed by atoms with E-state index >= 15 is 0 Å². The van der Waals surface area contributed by atoms with Crippen molar-refractivity contribution in [1.29, 1.82) is 0 Å². The zero-order valence-electron chi connectivity index (χ0n) is 15.0. The van der Waals surface area contributed by atoms with Gasteiger partial charge in [-0.1, -0.05) is 12.1 Å². The number of para-hydroxylation sites is 2. The van der Waals surface area contributed by atoms with Crippen LogP contribution in [0.5, 0.6) is 0 Å². The Kier molecular flexibility index (Phi) is 4.14. The summed E-state index contributed by atoms with van der Waals surface area (Å²) in [4.78, 5) is 50.2. The molecular formula is C19H19N5O4. The van der Waals surface area contributed by atoms with Crippen molar-refractivity contribution in [2.24, 2.45) is 11.7 Å². The predicted octanol–water partition coefficient (Wildman–Crippen LogP) is 0.00500. The van der Waals surface area contributed by atoms with Crippen molar-refractivity contribution < 1.29 is 14.4 Å². The minimum absolute atomic E-state index is 0.00633. The first-order chi connectivity index (χ1) is 13.4. The lowest BCUT2D eigenvalue weighted by Crippen LogP contribution is -2.39. The van der Waals surface area contributed by atoms with E-state index in [-0.39, 0.29) is 28.8 Å². The molecular weight excluding hydrogens is 362 g/mol. The van der Waals surface area contributed by atoms with Crippen molar-refractivity contribution in [2.75, 3.05) is 23.7 Å². The molecule has 1 aromatic heterocycles. The first-order valence-corrected chi connectivity index (χ1v) is 8.93. The average Bonchev–Trinajstić information content (AvgIpc) is 2.96. The van der Waals surface area contributed by atoms with Gasteiger partial charge in [0, 0.05) is 25.1 Å². The summed E-state index contributed by atoms with van der Waals surface area (Å²) in [6, 6.07) is 8.31. The SMILES string of the molecule is NC(=O)C1CCN(c2ccccc2-n2c(N)c3c(cc2=O)C(=O)NC3=O)CC1. The van der Waals surface area contributed by atoms with Crippen LogP contribution in [0.25, 0.3) is 5.69 Å². The second kappa shape index (κ2) is 6.52. The standard InChI is InChI=1S/C19H19N5O4/c20-16-15-11(18(27)22-19(15)28)9-14(25)24(16)13-4-2-1-3-12(13)23-7-5-10(6-8-23)17(21)26/h1-4,9-10H,5-8,20H2,(H2,21,26)(H,22,27,28). The number of nitrogens with zero attached hydrogens (tertiary/aromatic N) is 2. The molecule has 1 fully saturated rings. The van der Waals surface area contributed by atoms with E-state index in [0.29, 0.717) is 31.6 Å². The molecule has 5 N–H and O–H groups in total. The van der Waals surface area contributed by atoms with Gasteiger partial charge in [-0.2, -0.15) is 0 Å². The van der Waals surface area contributed by atoms with Crippen molar-refractivity contribution in [3.63, 3.8) is 0 Å². The summed E-state index contributed by atoms with van der Waals surface area (Å²) < 4.78 is 1.24. The van der Waals surface area contributed by atoms with Gasteiger partial charge in [-0.3, -0.25) is 29.1 Å². The zero-order valence-corrected chi connectivity index (χ0v) is 15.0. The van der Waals surface area contributed by atoms with Gasteiger partial charge in [0.1, 0.15) is 5.82 Å². The first-order valence-electron chi connectivity index (χ1n) is 8.93. The highest BCUT2D eigenvalue weighted by Crippen LogP contribution is 2.31. The highest BCUT2D eigenvalue weighted by molar-refractivity contribution is 6.23. The molecule has 2 aliphatic heterocycles. The van der Waals surface area contributed by atoms with Crippen LogP contribution in [0.2, 0.25) is 0 Å². The molecule has 0 saturated carbocycles. The zero-order chi connectivity index (χ0) is 20.0. The topological polar surface area (TPSA) is 141 Å². The van der Waals surface area contributed by atoms with E-state index in [0.717, 1.165) is 11.8 Å². The molecule has 144 valence electrons. The number of hydrogen-bond donors (Lipinski definition) is 3. The lowest BCUT2D eigenvalue weighted by molar-refractivity contribution is -0.122. The van der Waals surface area contributed by atoms with E-state index in [1.807, 2.05) is 12.1 Å². The van der Waals surface area contributed by atoms with Gasteiger partial charge in [0.2, 0.25) is 5.91 Å². The van der Waals surface area contributed by atoms with Crippen molar-refractivity contribution in [3.8, 4) is 5.69 Å². The minimum Gasteiger partial charge on any atom is -0.384 e. The van der Waals surface area contributed by atoms with Gasteiger partial charge in [0.15, 0.2) is 0 Å². The van der Waals surface area contributed by atoms with E-state index in [2.05, 4.69) is 10.2 Å². The number of fused-ring (bicyclic) bond motifs is 1. The fraction of sp³-hybridized carbons (Fsp3) is 0.263. The Bertz CT molecular complexity index is 1070. The molecule has 9 nitrogen and oxygen atoms in total. The Morgan fingerprint density at radius 2 is 1.68 bits per heavy atom. The third-order valence-electron chi connectivity index (χ3n) is 5.31. The van der Waals surface area contributed by atoms with Gasteiger partial charge < -0.3 is 16.4 Å². The number of nitrogens with two attached hydrogens (primary N) is 2. The van der Waals surface area contributed by atoms with E-state index < -0.39 is 17.4 Å². The first kappa shape index (κ1) is 17.8. The van der Waals surface area contributed by atoms with E-state index in [9.17, 15) is 19.2 Å². The number of primary amides is 1. The normalized spacial score (nSPS) is 16.8. The molecule has 9 heteroatoms. The fourth-order valence-electron chi connectivity index (χ4n) is 3.85. The van der Waals surface area contributed by atoms with Crippen LogP contribution in [-0.2, 0) is 4.79 Å². The monoisotopic (exact) mass is 381 g/mol. The highest BCUT2D eigenvalue weighted by atomic mass is 16.2. The molecule has 2 aliphatic rings.